The Kier molecular flexibility index (Phi) is 7.22. The van der Waals surface area contributed by atoms with E-state index in [1.54, 1.807) is 25.2 Å². The number of hydrogen-bond donors (Lipinski definition) is 1. The van der Waals surface area contributed by atoms with Crippen LogP contribution >= 0.6 is 0 Å². The van der Waals surface area contributed by atoms with Crippen LogP contribution in [0.25, 0.3) is 0 Å². The van der Waals surface area contributed by atoms with Crippen LogP contribution in [-0.4, -0.2) is 25.0 Å². The van der Waals surface area contributed by atoms with Crippen LogP contribution in [0.2, 0.25) is 0 Å². The zero-order valence-electron chi connectivity index (χ0n) is 17.2. The molecule has 1 unspecified atom stereocenters. The van der Waals surface area contributed by atoms with E-state index in [-0.39, 0.29) is 11.8 Å². The third-order valence-corrected chi connectivity index (χ3v) is 4.80. The van der Waals surface area contributed by atoms with Gasteiger partial charge in [-0.15, -0.1) is 0 Å². The molecule has 2 amide bonds. The molecule has 30 heavy (non-hydrogen) atoms. The molecular weight excluding hydrogens is 376 g/mol. The first-order chi connectivity index (χ1) is 14.6. The number of hydrogen-bond acceptors (Lipinski definition) is 3. The van der Waals surface area contributed by atoms with Crippen LogP contribution in [0, 0.1) is 0 Å². The number of anilines is 1. The second-order valence-corrected chi connectivity index (χ2v) is 6.91. The van der Waals surface area contributed by atoms with Crippen LogP contribution in [0.4, 0.5) is 5.69 Å². The molecule has 154 valence electrons. The van der Waals surface area contributed by atoms with Crippen LogP contribution in [0.5, 0.6) is 5.75 Å². The predicted molar refractivity (Wildman–Crippen MR) is 119 cm³/mol. The standard InChI is InChI=1S/C25H26N2O3/c1-3-23(30-20-14-8-5-9-15-20)25(29)27(2)22-17-11-10-16-21(22)24(28)26-18-19-12-6-4-7-13-19/h4-17,23H,3,18H2,1-2H3,(H,26,28). The molecule has 3 aromatic carbocycles. The van der Waals surface area contributed by atoms with E-state index in [0.29, 0.717) is 30.0 Å². The molecule has 3 rings (SSSR count). The van der Waals surface area contributed by atoms with Gasteiger partial charge in [-0.25, -0.2) is 0 Å². The van der Waals surface area contributed by atoms with E-state index in [4.69, 9.17) is 4.74 Å². The van der Waals surface area contributed by atoms with E-state index in [1.165, 1.54) is 4.90 Å². The molecule has 0 aliphatic rings. The molecule has 1 atom stereocenters. The van der Waals surface area contributed by atoms with Crippen LogP contribution in [-0.2, 0) is 11.3 Å². The Labute approximate surface area is 177 Å². The van der Waals surface area contributed by atoms with Crippen molar-refractivity contribution in [2.75, 3.05) is 11.9 Å². The molecule has 3 aromatic rings. The summed E-state index contributed by atoms with van der Waals surface area (Å²) in [5.74, 6) is 0.204. The van der Waals surface area contributed by atoms with E-state index >= 15 is 0 Å². The van der Waals surface area contributed by atoms with E-state index in [1.807, 2.05) is 73.7 Å². The lowest BCUT2D eigenvalue weighted by atomic mass is 10.1. The summed E-state index contributed by atoms with van der Waals surface area (Å²) in [5, 5.41) is 2.92. The minimum atomic E-state index is -0.641. The number of amides is 2. The van der Waals surface area contributed by atoms with E-state index in [9.17, 15) is 9.59 Å². The largest absolute Gasteiger partial charge is 0.481 e. The maximum Gasteiger partial charge on any atom is 0.267 e. The highest BCUT2D eigenvalue weighted by atomic mass is 16.5. The van der Waals surface area contributed by atoms with Crippen LogP contribution in [0.3, 0.4) is 0 Å². The Balaban J connectivity index is 1.74. The van der Waals surface area contributed by atoms with Gasteiger partial charge in [-0.3, -0.25) is 9.59 Å². The average molecular weight is 402 g/mol. The number of ether oxygens (including phenoxy) is 1. The van der Waals surface area contributed by atoms with Crippen molar-refractivity contribution in [3.8, 4) is 5.75 Å². The first kappa shape index (κ1) is 21.1. The minimum absolute atomic E-state index is 0.204. The van der Waals surface area contributed by atoms with Gasteiger partial charge in [0.25, 0.3) is 11.8 Å². The van der Waals surface area contributed by atoms with Gasteiger partial charge in [0.2, 0.25) is 0 Å². The monoisotopic (exact) mass is 402 g/mol. The Morgan fingerprint density at radius 3 is 2.17 bits per heavy atom. The zero-order chi connectivity index (χ0) is 21.3. The highest BCUT2D eigenvalue weighted by molar-refractivity contribution is 6.05. The van der Waals surface area contributed by atoms with Gasteiger partial charge in [0.05, 0.1) is 11.3 Å². The number of nitrogens with zero attached hydrogens (tertiary/aromatic N) is 1. The predicted octanol–water partition coefficient (Wildman–Crippen LogP) is 4.44. The van der Waals surface area contributed by atoms with Gasteiger partial charge in [-0.2, -0.15) is 0 Å². The number of carbonyl (C=O) groups excluding carboxylic acids is 2. The fourth-order valence-electron chi connectivity index (χ4n) is 3.14. The number of carbonyl (C=O) groups is 2. The van der Waals surface area contributed by atoms with Crippen molar-refractivity contribution < 1.29 is 14.3 Å². The highest BCUT2D eigenvalue weighted by Crippen LogP contribution is 2.22. The lowest BCUT2D eigenvalue weighted by molar-refractivity contribution is -0.125. The summed E-state index contributed by atoms with van der Waals surface area (Å²) in [6.45, 7) is 2.32. The summed E-state index contributed by atoms with van der Waals surface area (Å²) < 4.78 is 5.88. The first-order valence-corrected chi connectivity index (χ1v) is 10.0. The molecule has 5 heteroatoms. The summed E-state index contributed by atoms with van der Waals surface area (Å²) in [7, 11) is 1.67. The number of likely N-dealkylation sites (N-methyl/N-ethyl adjacent to an activating group) is 1. The van der Waals surface area contributed by atoms with Crippen LogP contribution < -0.4 is 15.0 Å². The molecule has 0 spiro atoms. The van der Waals surface area contributed by atoms with Crippen molar-refractivity contribution in [3.63, 3.8) is 0 Å². The van der Waals surface area contributed by atoms with Crippen molar-refractivity contribution >= 4 is 17.5 Å². The Morgan fingerprint density at radius 2 is 1.50 bits per heavy atom. The highest BCUT2D eigenvalue weighted by Gasteiger charge is 2.26. The molecule has 0 radical (unpaired) electrons. The normalized spacial score (nSPS) is 11.4. The van der Waals surface area contributed by atoms with Gasteiger partial charge in [0.15, 0.2) is 6.10 Å². The van der Waals surface area contributed by atoms with Gasteiger partial charge in [-0.05, 0) is 36.2 Å². The fourth-order valence-corrected chi connectivity index (χ4v) is 3.14. The minimum Gasteiger partial charge on any atom is -0.481 e. The van der Waals surface area contributed by atoms with Crippen LogP contribution in [0.15, 0.2) is 84.9 Å². The maximum atomic E-state index is 13.1. The summed E-state index contributed by atoms with van der Waals surface area (Å²) in [5.41, 5.74) is 2.00. The van der Waals surface area contributed by atoms with Crippen molar-refractivity contribution in [3.05, 3.63) is 96.1 Å². The van der Waals surface area contributed by atoms with Gasteiger partial charge in [0.1, 0.15) is 5.75 Å². The summed E-state index contributed by atoms with van der Waals surface area (Å²) in [4.78, 5) is 27.4. The summed E-state index contributed by atoms with van der Waals surface area (Å²) >= 11 is 0. The number of benzene rings is 3. The Bertz CT molecular complexity index is 974. The molecular formula is C25H26N2O3. The number of nitrogens with one attached hydrogen (secondary N) is 1. The molecule has 0 saturated heterocycles. The summed E-state index contributed by atoms with van der Waals surface area (Å²) in [6.07, 6.45) is -0.127. The van der Waals surface area contributed by atoms with Gasteiger partial charge in [-0.1, -0.05) is 67.6 Å². The van der Waals surface area contributed by atoms with Crippen molar-refractivity contribution in [1.82, 2.24) is 5.32 Å². The smallest absolute Gasteiger partial charge is 0.267 e. The maximum absolute atomic E-state index is 13.1. The van der Waals surface area contributed by atoms with E-state index < -0.39 is 6.10 Å². The molecule has 0 heterocycles. The van der Waals surface area contributed by atoms with Gasteiger partial charge >= 0.3 is 0 Å². The van der Waals surface area contributed by atoms with E-state index in [2.05, 4.69) is 5.32 Å². The lowest BCUT2D eigenvalue weighted by Gasteiger charge is -2.25. The molecule has 1 N–H and O–H groups in total. The average Bonchev–Trinajstić information content (AvgIpc) is 2.81. The molecule has 0 aliphatic carbocycles. The Hall–Kier alpha value is -3.60. The molecule has 0 aliphatic heterocycles. The first-order valence-electron chi connectivity index (χ1n) is 10.0. The third kappa shape index (κ3) is 5.26. The summed E-state index contributed by atoms with van der Waals surface area (Å²) in [6, 6.07) is 26.1. The zero-order valence-corrected chi connectivity index (χ0v) is 17.2. The number of rotatable bonds is 8. The van der Waals surface area contributed by atoms with Gasteiger partial charge < -0.3 is 15.0 Å². The quantitative estimate of drug-likeness (QED) is 0.606. The number of para-hydroxylation sites is 2. The second kappa shape index (κ2) is 10.3. The van der Waals surface area contributed by atoms with Crippen molar-refractivity contribution in [1.29, 1.82) is 0 Å². The third-order valence-electron chi connectivity index (χ3n) is 4.80. The molecule has 0 fully saturated rings. The molecule has 0 bridgehead atoms. The molecule has 0 saturated carbocycles. The molecule has 0 aromatic heterocycles. The van der Waals surface area contributed by atoms with Gasteiger partial charge in [0, 0.05) is 13.6 Å². The SMILES string of the molecule is CCC(Oc1ccccc1)C(=O)N(C)c1ccccc1C(=O)NCc1ccccc1. The molecule has 5 nitrogen and oxygen atoms in total. The van der Waals surface area contributed by atoms with Crippen LogP contribution in [0.1, 0.15) is 29.3 Å². The van der Waals surface area contributed by atoms with Crippen molar-refractivity contribution in [2.24, 2.45) is 0 Å². The second-order valence-electron chi connectivity index (χ2n) is 6.91. The van der Waals surface area contributed by atoms with Crippen molar-refractivity contribution in [2.45, 2.75) is 26.0 Å². The van der Waals surface area contributed by atoms with E-state index in [0.717, 1.165) is 5.56 Å². The Morgan fingerprint density at radius 1 is 0.900 bits per heavy atom. The fraction of sp³-hybridized carbons (Fsp3) is 0.200. The topological polar surface area (TPSA) is 58.6 Å². The lowest BCUT2D eigenvalue weighted by Crippen LogP contribution is -2.40.